The average Bonchev–Trinajstić information content (AvgIpc) is 3.00. The van der Waals surface area contributed by atoms with Crippen LogP contribution in [0.15, 0.2) is 24.3 Å². The highest BCUT2D eigenvalue weighted by atomic mass is 16.6. The molecule has 2 aliphatic rings. The van der Waals surface area contributed by atoms with E-state index in [9.17, 15) is 19.2 Å². The van der Waals surface area contributed by atoms with Gasteiger partial charge in [0, 0.05) is 44.0 Å². The number of aliphatic carboxylic acids is 1. The summed E-state index contributed by atoms with van der Waals surface area (Å²) in [5, 5.41) is 14.0. The Morgan fingerprint density at radius 1 is 0.767 bits per heavy atom. The lowest BCUT2D eigenvalue weighted by Gasteiger charge is -2.36. The summed E-state index contributed by atoms with van der Waals surface area (Å²) in [4.78, 5) is 50.3. The first-order valence-electron chi connectivity index (χ1n) is 14.8. The third-order valence-corrected chi connectivity index (χ3v) is 6.85. The normalized spacial score (nSPS) is 17.2. The summed E-state index contributed by atoms with van der Waals surface area (Å²) in [6.07, 6.45) is 1.13. The zero-order chi connectivity index (χ0) is 30.7. The number of nitrogens with one attached hydrogen (secondary N) is 2. The van der Waals surface area contributed by atoms with Crippen LogP contribution in [0.4, 0.5) is 11.4 Å². The molecule has 0 spiro atoms. The number of nitrogens with zero attached hydrogens (tertiary/aromatic N) is 2. The van der Waals surface area contributed by atoms with Crippen LogP contribution in [0.3, 0.4) is 0 Å². The summed E-state index contributed by atoms with van der Waals surface area (Å²) in [6.45, 7) is 6.57. The smallest absolute Gasteiger partial charge is 0.305 e. The van der Waals surface area contributed by atoms with E-state index in [1.165, 1.54) is 0 Å². The number of imide groups is 1. The minimum atomic E-state index is -0.884. The number of carbonyl (C=O) groups excluding carboxylic acids is 3. The van der Waals surface area contributed by atoms with Crippen molar-refractivity contribution < 1.29 is 48.0 Å². The fourth-order valence-corrected chi connectivity index (χ4v) is 4.47. The molecule has 43 heavy (non-hydrogen) atoms. The Morgan fingerprint density at radius 2 is 1.28 bits per heavy atom. The van der Waals surface area contributed by atoms with Crippen LogP contribution in [0.25, 0.3) is 0 Å². The number of carboxylic acids is 1. The predicted octanol–water partition coefficient (Wildman–Crippen LogP) is 0.500. The quantitative estimate of drug-likeness (QED) is 0.131. The molecule has 3 amide bonds. The highest BCUT2D eigenvalue weighted by Gasteiger charge is 2.26. The third kappa shape index (κ3) is 13.7. The molecule has 0 bridgehead atoms. The number of piperazine rings is 1. The van der Waals surface area contributed by atoms with E-state index in [0.29, 0.717) is 91.8 Å². The lowest BCUT2D eigenvalue weighted by Crippen LogP contribution is -2.49. The monoisotopic (exact) mass is 608 g/mol. The molecule has 2 aliphatic heterocycles. The van der Waals surface area contributed by atoms with Gasteiger partial charge < -0.3 is 43.9 Å². The number of hydrogen-bond donors (Lipinski definition) is 3. The molecule has 1 aromatic carbocycles. The van der Waals surface area contributed by atoms with Crippen LogP contribution >= 0.6 is 0 Å². The van der Waals surface area contributed by atoms with Crippen LogP contribution in [-0.4, -0.2) is 132 Å². The number of benzene rings is 1. The molecule has 0 aromatic heterocycles. The number of amides is 3. The number of anilines is 2. The molecule has 1 aromatic rings. The SMILES string of the molecule is O=C(O)CCOCCOCCOCCOCCOCCC(=O)N1CCN(c2ccc(NC3CCC(=O)NC3=O)cc2)CC1. The van der Waals surface area contributed by atoms with E-state index in [1.807, 2.05) is 29.2 Å². The van der Waals surface area contributed by atoms with Crippen LogP contribution in [0.5, 0.6) is 0 Å². The second-order valence-corrected chi connectivity index (χ2v) is 10.0. The summed E-state index contributed by atoms with van der Waals surface area (Å²) in [5.74, 6) is -1.33. The van der Waals surface area contributed by atoms with E-state index in [0.717, 1.165) is 24.5 Å². The molecule has 0 saturated carbocycles. The maximum absolute atomic E-state index is 12.6. The number of ether oxygens (including phenoxy) is 5. The van der Waals surface area contributed by atoms with Crippen molar-refractivity contribution in [2.75, 3.05) is 102 Å². The first kappa shape index (κ1) is 34.2. The Morgan fingerprint density at radius 3 is 1.79 bits per heavy atom. The lowest BCUT2D eigenvalue weighted by molar-refractivity contribution is -0.138. The highest BCUT2D eigenvalue weighted by Crippen LogP contribution is 2.21. The van der Waals surface area contributed by atoms with Gasteiger partial charge in [0.05, 0.1) is 78.9 Å². The van der Waals surface area contributed by atoms with Gasteiger partial charge in [-0.2, -0.15) is 0 Å². The summed E-state index contributed by atoms with van der Waals surface area (Å²) >= 11 is 0. The van der Waals surface area contributed by atoms with Crippen LogP contribution in [0, 0.1) is 0 Å². The highest BCUT2D eigenvalue weighted by molar-refractivity contribution is 6.01. The van der Waals surface area contributed by atoms with Gasteiger partial charge in [0.2, 0.25) is 17.7 Å². The third-order valence-electron chi connectivity index (χ3n) is 6.85. The number of carbonyl (C=O) groups is 4. The topological polar surface area (TPSA) is 165 Å². The first-order chi connectivity index (χ1) is 20.9. The van der Waals surface area contributed by atoms with Crippen molar-refractivity contribution in [3.05, 3.63) is 24.3 Å². The molecule has 2 saturated heterocycles. The van der Waals surface area contributed by atoms with E-state index >= 15 is 0 Å². The summed E-state index contributed by atoms with van der Waals surface area (Å²) < 4.78 is 26.8. The van der Waals surface area contributed by atoms with Gasteiger partial charge in [-0.1, -0.05) is 0 Å². The second kappa shape index (κ2) is 19.8. The summed E-state index contributed by atoms with van der Waals surface area (Å²) in [5.41, 5.74) is 1.88. The Balaban J connectivity index is 1.13. The molecule has 0 aliphatic carbocycles. The van der Waals surface area contributed by atoms with Crippen LogP contribution < -0.4 is 15.5 Å². The Hall–Kier alpha value is -3.30. The Kier molecular flexibility index (Phi) is 15.7. The fourth-order valence-electron chi connectivity index (χ4n) is 4.47. The number of rotatable bonds is 21. The fraction of sp³-hybridized carbons (Fsp3) is 0.655. The maximum Gasteiger partial charge on any atom is 0.305 e. The van der Waals surface area contributed by atoms with Crippen molar-refractivity contribution in [2.45, 2.75) is 31.7 Å². The van der Waals surface area contributed by atoms with Gasteiger partial charge in [0.1, 0.15) is 6.04 Å². The molecule has 3 rings (SSSR count). The van der Waals surface area contributed by atoms with Gasteiger partial charge in [-0.05, 0) is 30.7 Å². The van der Waals surface area contributed by atoms with Gasteiger partial charge >= 0.3 is 5.97 Å². The van der Waals surface area contributed by atoms with Gasteiger partial charge in [-0.3, -0.25) is 24.5 Å². The van der Waals surface area contributed by atoms with Crippen LogP contribution in [0.2, 0.25) is 0 Å². The standard InChI is InChI=1S/C29H44N4O10/c34-26-6-5-25(29(38)31-26)30-23-1-3-24(4-2-23)32-9-11-33(12-10-32)27(35)7-13-39-15-17-41-19-21-43-22-20-42-18-16-40-14-8-28(36)37/h1-4,25,30H,5-22H2,(H,36,37)(H,31,34,38). The van der Waals surface area contributed by atoms with Gasteiger partial charge in [0.15, 0.2) is 0 Å². The zero-order valence-corrected chi connectivity index (χ0v) is 24.6. The van der Waals surface area contributed by atoms with Crippen molar-refractivity contribution in [1.29, 1.82) is 0 Å². The molecule has 14 nitrogen and oxygen atoms in total. The molecule has 3 N–H and O–H groups in total. The van der Waals surface area contributed by atoms with Gasteiger partial charge in [-0.25, -0.2) is 0 Å². The van der Waals surface area contributed by atoms with E-state index in [4.69, 9.17) is 28.8 Å². The maximum atomic E-state index is 12.6. The van der Waals surface area contributed by atoms with Crippen molar-refractivity contribution >= 4 is 35.1 Å². The predicted molar refractivity (Wildman–Crippen MR) is 156 cm³/mol. The number of carboxylic acid groups (broad SMARTS) is 1. The molecule has 0 radical (unpaired) electrons. The average molecular weight is 609 g/mol. The molecule has 240 valence electrons. The van der Waals surface area contributed by atoms with Crippen molar-refractivity contribution in [3.63, 3.8) is 0 Å². The zero-order valence-electron chi connectivity index (χ0n) is 24.6. The summed E-state index contributed by atoms with van der Waals surface area (Å²) in [6, 6.07) is 7.43. The molecular weight excluding hydrogens is 564 g/mol. The molecule has 1 atom stereocenters. The molecule has 2 heterocycles. The number of hydrogen-bond acceptors (Lipinski definition) is 11. The van der Waals surface area contributed by atoms with Crippen molar-refractivity contribution in [1.82, 2.24) is 10.2 Å². The Labute approximate surface area is 251 Å². The molecule has 1 unspecified atom stereocenters. The second-order valence-electron chi connectivity index (χ2n) is 10.0. The molecule has 2 fully saturated rings. The summed E-state index contributed by atoms with van der Waals surface area (Å²) in [7, 11) is 0. The largest absolute Gasteiger partial charge is 0.481 e. The lowest BCUT2D eigenvalue weighted by atomic mass is 10.1. The molecular formula is C29H44N4O10. The van der Waals surface area contributed by atoms with E-state index < -0.39 is 12.0 Å². The van der Waals surface area contributed by atoms with Crippen LogP contribution in [-0.2, 0) is 42.9 Å². The minimum absolute atomic E-state index is 0.0142. The van der Waals surface area contributed by atoms with E-state index in [2.05, 4.69) is 15.5 Å². The number of piperidine rings is 1. The van der Waals surface area contributed by atoms with Crippen LogP contribution in [0.1, 0.15) is 25.7 Å². The van der Waals surface area contributed by atoms with Crippen molar-refractivity contribution in [2.24, 2.45) is 0 Å². The molecule has 14 heteroatoms. The van der Waals surface area contributed by atoms with Gasteiger partial charge in [0.25, 0.3) is 0 Å². The first-order valence-corrected chi connectivity index (χ1v) is 14.8. The van der Waals surface area contributed by atoms with E-state index in [1.54, 1.807) is 0 Å². The van der Waals surface area contributed by atoms with Gasteiger partial charge in [-0.15, -0.1) is 0 Å². The Bertz CT molecular complexity index is 1000. The minimum Gasteiger partial charge on any atom is -0.481 e. The van der Waals surface area contributed by atoms with Crippen molar-refractivity contribution in [3.8, 4) is 0 Å². The van der Waals surface area contributed by atoms with E-state index in [-0.39, 0.29) is 30.7 Å².